The lowest BCUT2D eigenvalue weighted by Gasteiger charge is -2.36. The highest BCUT2D eigenvalue weighted by atomic mass is 79.9. The summed E-state index contributed by atoms with van der Waals surface area (Å²) in [4.78, 5) is 4.77. The number of hydrogen-bond acceptors (Lipinski definition) is 4. The Morgan fingerprint density at radius 3 is 2.41 bits per heavy atom. The summed E-state index contributed by atoms with van der Waals surface area (Å²) >= 11 is 3.11. The lowest BCUT2D eigenvalue weighted by atomic mass is 10.2. The van der Waals surface area contributed by atoms with Crippen LogP contribution < -0.4 is 9.62 Å². The van der Waals surface area contributed by atoms with Gasteiger partial charge in [0.05, 0.1) is 4.90 Å². The van der Waals surface area contributed by atoms with Gasteiger partial charge in [0.15, 0.2) is 0 Å². The molecule has 146 valence electrons. The molecular formula is C19H23BrFN3O2S. The van der Waals surface area contributed by atoms with E-state index in [1.165, 1.54) is 11.8 Å². The molecular weight excluding hydrogens is 433 g/mol. The molecule has 0 saturated carbocycles. The number of benzene rings is 2. The third kappa shape index (κ3) is 5.51. The van der Waals surface area contributed by atoms with Gasteiger partial charge in [-0.2, -0.15) is 0 Å². The molecule has 0 aliphatic carbocycles. The molecule has 2 aromatic rings. The van der Waals surface area contributed by atoms with Gasteiger partial charge in [-0.05, 0) is 59.2 Å². The van der Waals surface area contributed by atoms with Crippen molar-refractivity contribution in [2.75, 3.05) is 44.2 Å². The van der Waals surface area contributed by atoms with E-state index in [9.17, 15) is 12.8 Å². The van der Waals surface area contributed by atoms with Gasteiger partial charge in [0.25, 0.3) is 0 Å². The Hall–Kier alpha value is -1.48. The number of nitrogens with one attached hydrogen (secondary N) is 1. The first-order chi connectivity index (χ1) is 13.0. The van der Waals surface area contributed by atoms with Crippen LogP contribution in [0.4, 0.5) is 10.1 Å². The fraction of sp³-hybridized carbons (Fsp3) is 0.368. The number of hydrogen-bond donors (Lipinski definition) is 1. The first kappa shape index (κ1) is 20.3. The Morgan fingerprint density at radius 2 is 1.74 bits per heavy atom. The van der Waals surface area contributed by atoms with Gasteiger partial charge in [0.2, 0.25) is 10.0 Å². The van der Waals surface area contributed by atoms with E-state index in [0.717, 1.165) is 51.3 Å². The minimum atomic E-state index is -3.65. The van der Waals surface area contributed by atoms with Crippen molar-refractivity contribution in [2.24, 2.45) is 0 Å². The molecule has 5 nitrogen and oxygen atoms in total. The van der Waals surface area contributed by atoms with E-state index in [4.69, 9.17) is 0 Å². The summed E-state index contributed by atoms with van der Waals surface area (Å²) in [5.74, 6) is -0.476. The SMILES string of the molecule is O=S(=O)(NCCCN1CCN(c2ccccc2)CC1)c1ccc(F)cc1Br. The Labute approximate surface area is 168 Å². The zero-order valence-corrected chi connectivity index (χ0v) is 17.3. The van der Waals surface area contributed by atoms with Crippen LogP contribution >= 0.6 is 15.9 Å². The van der Waals surface area contributed by atoms with Gasteiger partial charge in [-0.3, -0.25) is 4.90 Å². The third-order valence-electron chi connectivity index (χ3n) is 4.62. The average Bonchev–Trinajstić information content (AvgIpc) is 2.66. The molecule has 8 heteroatoms. The lowest BCUT2D eigenvalue weighted by molar-refractivity contribution is 0.255. The van der Waals surface area contributed by atoms with Gasteiger partial charge < -0.3 is 4.90 Å². The zero-order valence-electron chi connectivity index (χ0n) is 14.9. The van der Waals surface area contributed by atoms with Crippen LogP contribution in [0.15, 0.2) is 57.9 Å². The van der Waals surface area contributed by atoms with Crippen LogP contribution in [0.1, 0.15) is 6.42 Å². The van der Waals surface area contributed by atoms with E-state index in [2.05, 4.69) is 42.6 Å². The molecule has 3 rings (SSSR count). The highest BCUT2D eigenvalue weighted by Crippen LogP contribution is 2.22. The smallest absolute Gasteiger partial charge is 0.241 e. The number of sulfonamides is 1. The number of nitrogens with zero attached hydrogens (tertiary/aromatic N) is 2. The van der Waals surface area contributed by atoms with Gasteiger partial charge in [-0.15, -0.1) is 0 Å². The quantitative estimate of drug-likeness (QED) is 0.651. The van der Waals surface area contributed by atoms with Crippen molar-refractivity contribution in [3.05, 3.63) is 58.8 Å². The van der Waals surface area contributed by atoms with Gasteiger partial charge in [0, 0.05) is 42.9 Å². The van der Waals surface area contributed by atoms with Crippen LogP contribution in [-0.4, -0.2) is 52.6 Å². The third-order valence-corrected chi connectivity index (χ3v) is 7.06. The molecule has 1 aliphatic rings. The Kier molecular flexibility index (Phi) is 6.86. The monoisotopic (exact) mass is 455 g/mol. The summed E-state index contributed by atoms with van der Waals surface area (Å²) in [5.41, 5.74) is 1.25. The summed E-state index contributed by atoms with van der Waals surface area (Å²) in [6, 6.07) is 13.9. The van der Waals surface area contributed by atoms with Crippen molar-refractivity contribution in [1.82, 2.24) is 9.62 Å². The zero-order chi connectivity index (χ0) is 19.3. The second-order valence-corrected chi connectivity index (χ2v) is 9.08. The molecule has 0 unspecified atom stereocenters. The lowest BCUT2D eigenvalue weighted by Crippen LogP contribution is -2.47. The summed E-state index contributed by atoms with van der Waals surface area (Å²) < 4.78 is 40.6. The van der Waals surface area contributed by atoms with Crippen LogP contribution in [0.5, 0.6) is 0 Å². The molecule has 0 radical (unpaired) electrons. The highest BCUT2D eigenvalue weighted by Gasteiger charge is 2.19. The van der Waals surface area contributed by atoms with Crippen molar-refractivity contribution < 1.29 is 12.8 Å². The largest absolute Gasteiger partial charge is 0.369 e. The standard InChI is InChI=1S/C19H23BrFN3O2S/c20-18-15-16(21)7-8-19(18)27(25,26)22-9-4-10-23-11-13-24(14-12-23)17-5-2-1-3-6-17/h1-3,5-8,15,22H,4,9-14H2. The van der Waals surface area contributed by atoms with E-state index < -0.39 is 15.8 Å². The first-order valence-electron chi connectivity index (χ1n) is 8.93. The molecule has 27 heavy (non-hydrogen) atoms. The van der Waals surface area contributed by atoms with Crippen LogP contribution in [0.3, 0.4) is 0 Å². The number of rotatable bonds is 7. The molecule has 1 saturated heterocycles. The predicted octanol–water partition coefficient (Wildman–Crippen LogP) is 3.08. The van der Waals surface area contributed by atoms with E-state index in [0.29, 0.717) is 6.54 Å². The maximum atomic E-state index is 13.1. The van der Waals surface area contributed by atoms with Crippen molar-refractivity contribution in [3.8, 4) is 0 Å². The molecule has 1 aliphatic heterocycles. The minimum absolute atomic E-state index is 0.0559. The molecule has 0 spiro atoms. The van der Waals surface area contributed by atoms with Crippen LogP contribution in [0, 0.1) is 5.82 Å². The summed E-state index contributed by atoms with van der Waals surface area (Å²) in [7, 11) is -3.65. The van der Waals surface area contributed by atoms with E-state index in [1.807, 2.05) is 18.2 Å². The number of anilines is 1. The summed E-state index contributed by atoms with van der Waals surface area (Å²) in [6.07, 6.45) is 0.726. The predicted molar refractivity (Wildman–Crippen MR) is 109 cm³/mol. The molecule has 2 aromatic carbocycles. The van der Waals surface area contributed by atoms with E-state index >= 15 is 0 Å². The number of piperazine rings is 1. The Bertz CT molecular complexity index is 857. The molecule has 1 heterocycles. The molecule has 0 aromatic heterocycles. The van der Waals surface area contributed by atoms with Gasteiger partial charge >= 0.3 is 0 Å². The molecule has 0 atom stereocenters. The van der Waals surface area contributed by atoms with E-state index in [1.54, 1.807) is 0 Å². The molecule has 1 N–H and O–H groups in total. The number of halogens is 2. The van der Waals surface area contributed by atoms with Crippen molar-refractivity contribution in [1.29, 1.82) is 0 Å². The van der Waals surface area contributed by atoms with Gasteiger partial charge in [-0.1, -0.05) is 18.2 Å². The molecule has 1 fully saturated rings. The summed E-state index contributed by atoms with van der Waals surface area (Å²) in [6.45, 7) is 5.06. The van der Waals surface area contributed by atoms with E-state index in [-0.39, 0.29) is 9.37 Å². The van der Waals surface area contributed by atoms with Crippen LogP contribution in [0.25, 0.3) is 0 Å². The maximum absolute atomic E-state index is 13.1. The number of para-hydroxylation sites is 1. The van der Waals surface area contributed by atoms with Crippen LogP contribution in [-0.2, 0) is 10.0 Å². The van der Waals surface area contributed by atoms with Crippen LogP contribution in [0.2, 0.25) is 0 Å². The Morgan fingerprint density at radius 1 is 1.04 bits per heavy atom. The normalized spacial score (nSPS) is 15.9. The maximum Gasteiger partial charge on any atom is 0.241 e. The van der Waals surface area contributed by atoms with Crippen molar-refractivity contribution in [3.63, 3.8) is 0 Å². The fourth-order valence-corrected chi connectivity index (χ4v) is 5.27. The first-order valence-corrected chi connectivity index (χ1v) is 11.2. The highest BCUT2D eigenvalue weighted by molar-refractivity contribution is 9.10. The molecule has 0 bridgehead atoms. The van der Waals surface area contributed by atoms with Gasteiger partial charge in [0.1, 0.15) is 5.82 Å². The van der Waals surface area contributed by atoms with Crippen molar-refractivity contribution >= 4 is 31.6 Å². The topological polar surface area (TPSA) is 52.7 Å². The minimum Gasteiger partial charge on any atom is -0.369 e. The molecule has 0 amide bonds. The Balaban J connectivity index is 1.42. The van der Waals surface area contributed by atoms with Crippen molar-refractivity contribution in [2.45, 2.75) is 11.3 Å². The average molecular weight is 456 g/mol. The summed E-state index contributed by atoms with van der Waals surface area (Å²) in [5, 5.41) is 0. The second kappa shape index (κ2) is 9.14. The second-order valence-electron chi connectivity index (χ2n) is 6.49. The fourth-order valence-electron chi connectivity index (χ4n) is 3.15. The van der Waals surface area contributed by atoms with Gasteiger partial charge in [-0.25, -0.2) is 17.5 Å².